The van der Waals surface area contributed by atoms with Crippen LogP contribution < -0.4 is 5.32 Å². The molecule has 7 nitrogen and oxygen atoms in total. The number of nitrogens with zero attached hydrogens (tertiary/aromatic N) is 4. The molecule has 0 spiro atoms. The van der Waals surface area contributed by atoms with Gasteiger partial charge in [-0.25, -0.2) is 0 Å². The predicted octanol–water partition coefficient (Wildman–Crippen LogP) is 2.48. The van der Waals surface area contributed by atoms with Crippen molar-refractivity contribution in [3.05, 3.63) is 34.9 Å². The topological polar surface area (TPSA) is 60.4 Å². The van der Waals surface area contributed by atoms with Gasteiger partial charge in [0.15, 0.2) is 5.96 Å². The number of carbonyl (C=O) groups excluding carboxylic acids is 1. The van der Waals surface area contributed by atoms with Crippen LogP contribution in [0.2, 0.25) is 5.02 Å². The van der Waals surface area contributed by atoms with Crippen LogP contribution in [0.3, 0.4) is 0 Å². The molecule has 0 radical (unpaired) electrons. The van der Waals surface area contributed by atoms with Gasteiger partial charge in [-0.15, -0.1) is 0 Å². The summed E-state index contributed by atoms with van der Waals surface area (Å²) in [6, 6.07) is 8.09. The molecule has 8 heteroatoms. The van der Waals surface area contributed by atoms with Gasteiger partial charge in [0.1, 0.15) is 0 Å². The number of rotatable bonds is 9. The van der Waals surface area contributed by atoms with Crippen molar-refractivity contribution in [1.29, 1.82) is 0 Å². The van der Waals surface area contributed by atoms with Crippen LogP contribution in [-0.2, 0) is 9.53 Å². The molecule has 1 aromatic carbocycles. The van der Waals surface area contributed by atoms with Gasteiger partial charge in [-0.05, 0) is 38.5 Å². The lowest BCUT2D eigenvalue weighted by Gasteiger charge is -2.34. The molecule has 1 aliphatic rings. The Labute approximate surface area is 186 Å². The van der Waals surface area contributed by atoms with E-state index >= 15 is 0 Å². The maximum Gasteiger partial charge on any atom is 0.242 e. The number of guanidine groups is 1. The van der Waals surface area contributed by atoms with Gasteiger partial charge in [0.2, 0.25) is 5.91 Å². The van der Waals surface area contributed by atoms with Crippen molar-refractivity contribution in [2.45, 2.75) is 26.8 Å². The van der Waals surface area contributed by atoms with Crippen LogP contribution in [0.15, 0.2) is 29.3 Å². The van der Waals surface area contributed by atoms with E-state index in [1.165, 1.54) is 0 Å². The summed E-state index contributed by atoms with van der Waals surface area (Å²) in [4.78, 5) is 23.6. The van der Waals surface area contributed by atoms with Crippen molar-refractivity contribution in [2.24, 2.45) is 4.99 Å². The van der Waals surface area contributed by atoms with E-state index in [1.807, 2.05) is 55.8 Å². The number of benzene rings is 1. The second kappa shape index (κ2) is 12.8. The lowest BCUT2D eigenvalue weighted by atomic mass is 10.0. The normalized spacial score (nSPS) is 16.2. The molecule has 1 unspecified atom stereocenters. The van der Waals surface area contributed by atoms with Gasteiger partial charge in [0, 0.05) is 44.8 Å². The molecule has 1 aliphatic heterocycles. The molecule has 0 aromatic heterocycles. The van der Waals surface area contributed by atoms with Gasteiger partial charge in [0.05, 0.1) is 32.3 Å². The number of ether oxygens (including phenoxy) is 1. The average molecular weight is 438 g/mol. The molecular formula is C22H36ClN5O2. The molecule has 30 heavy (non-hydrogen) atoms. The zero-order valence-corrected chi connectivity index (χ0v) is 19.5. The van der Waals surface area contributed by atoms with Crippen molar-refractivity contribution in [2.75, 3.05) is 66.1 Å². The van der Waals surface area contributed by atoms with E-state index in [2.05, 4.69) is 16.3 Å². The summed E-state index contributed by atoms with van der Waals surface area (Å²) in [5.41, 5.74) is 1.14. The fourth-order valence-corrected chi connectivity index (χ4v) is 3.83. The van der Waals surface area contributed by atoms with Gasteiger partial charge in [-0.1, -0.05) is 23.7 Å². The van der Waals surface area contributed by atoms with E-state index in [0.717, 1.165) is 49.4 Å². The number of carbonyl (C=O) groups is 1. The fourth-order valence-electron chi connectivity index (χ4n) is 3.63. The van der Waals surface area contributed by atoms with E-state index in [4.69, 9.17) is 21.3 Å². The van der Waals surface area contributed by atoms with Crippen molar-refractivity contribution >= 4 is 23.5 Å². The van der Waals surface area contributed by atoms with Gasteiger partial charge in [-0.3, -0.25) is 14.7 Å². The molecular weight excluding hydrogens is 402 g/mol. The highest BCUT2D eigenvalue weighted by molar-refractivity contribution is 6.30. The first-order chi connectivity index (χ1) is 14.5. The third-order valence-electron chi connectivity index (χ3n) is 5.32. The summed E-state index contributed by atoms with van der Waals surface area (Å²) < 4.78 is 5.53. The number of hydrogen-bond donors (Lipinski definition) is 1. The second-order valence-corrected chi connectivity index (χ2v) is 7.77. The lowest BCUT2D eigenvalue weighted by Crippen LogP contribution is -2.46. The summed E-state index contributed by atoms with van der Waals surface area (Å²) in [6.45, 7) is 12.2. The average Bonchev–Trinajstić information content (AvgIpc) is 2.74. The van der Waals surface area contributed by atoms with Gasteiger partial charge < -0.3 is 19.9 Å². The molecule has 1 aromatic rings. The third kappa shape index (κ3) is 7.15. The second-order valence-electron chi connectivity index (χ2n) is 7.34. The molecule has 1 amide bonds. The molecule has 0 saturated carbocycles. The third-order valence-corrected chi connectivity index (χ3v) is 5.55. The zero-order chi connectivity index (χ0) is 21.9. The van der Waals surface area contributed by atoms with Crippen LogP contribution in [0.25, 0.3) is 0 Å². The highest BCUT2D eigenvalue weighted by Crippen LogP contribution is 2.25. The molecule has 1 fully saturated rings. The maximum atomic E-state index is 12.5. The van der Waals surface area contributed by atoms with Crippen molar-refractivity contribution in [3.8, 4) is 0 Å². The number of morpholine rings is 1. The Morgan fingerprint density at radius 2 is 1.97 bits per heavy atom. The Morgan fingerprint density at radius 3 is 2.57 bits per heavy atom. The van der Waals surface area contributed by atoms with Crippen molar-refractivity contribution in [3.63, 3.8) is 0 Å². The molecule has 1 heterocycles. The first-order valence-electron chi connectivity index (χ1n) is 10.8. The van der Waals surface area contributed by atoms with E-state index in [9.17, 15) is 4.79 Å². The standard InChI is InChI=1S/C22H36ClN5O2/c1-5-24-22(26(4)17-21(29)27(6-2)7-3)25-16-20(28-11-13-30-14-12-28)18-9-8-10-19(23)15-18/h8-10,15,20H,5-7,11-14,16-17H2,1-4H3,(H,24,25). The first kappa shape index (κ1) is 24.4. The highest BCUT2D eigenvalue weighted by Gasteiger charge is 2.23. The number of likely N-dealkylation sites (N-methyl/N-ethyl adjacent to an activating group) is 2. The fraction of sp³-hybridized carbons (Fsp3) is 0.636. The van der Waals surface area contributed by atoms with Crippen LogP contribution in [0.1, 0.15) is 32.4 Å². The minimum absolute atomic E-state index is 0.104. The van der Waals surface area contributed by atoms with E-state index in [1.54, 1.807) is 0 Å². The largest absolute Gasteiger partial charge is 0.379 e. The van der Waals surface area contributed by atoms with Crippen LogP contribution in [0, 0.1) is 0 Å². The van der Waals surface area contributed by atoms with Crippen LogP contribution in [0.5, 0.6) is 0 Å². The number of aliphatic imine (C=N–C) groups is 1. The minimum Gasteiger partial charge on any atom is -0.379 e. The summed E-state index contributed by atoms with van der Waals surface area (Å²) in [6.07, 6.45) is 0. The van der Waals surface area contributed by atoms with Gasteiger partial charge >= 0.3 is 0 Å². The molecule has 2 rings (SSSR count). The Hall–Kier alpha value is -1.83. The van der Waals surface area contributed by atoms with E-state index in [-0.39, 0.29) is 11.9 Å². The SMILES string of the molecule is CCNC(=NCC(c1cccc(Cl)c1)N1CCOCC1)N(C)CC(=O)N(CC)CC. The summed E-state index contributed by atoms with van der Waals surface area (Å²) in [5.74, 6) is 0.839. The highest BCUT2D eigenvalue weighted by atomic mass is 35.5. The zero-order valence-electron chi connectivity index (χ0n) is 18.7. The molecule has 0 aliphatic carbocycles. The van der Waals surface area contributed by atoms with Gasteiger partial charge in [-0.2, -0.15) is 0 Å². The first-order valence-corrected chi connectivity index (χ1v) is 11.2. The van der Waals surface area contributed by atoms with Crippen LogP contribution in [-0.4, -0.2) is 92.6 Å². The molecule has 1 saturated heterocycles. The molecule has 0 bridgehead atoms. The van der Waals surface area contributed by atoms with E-state index in [0.29, 0.717) is 26.2 Å². The number of hydrogen-bond acceptors (Lipinski definition) is 4. The van der Waals surface area contributed by atoms with Crippen molar-refractivity contribution < 1.29 is 9.53 Å². The molecule has 1 atom stereocenters. The summed E-state index contributed by atoms with van der Waals surface area (Å²) in [5, 5.41) is 4.05. The maximum absolute atomic E-state index is 12.5. The molecule has 1 N–H and O–H groups in total. The lowest BCUT2D eigenvalue weighted by molar-refractivity contribution is -0.131. The van der Waals surface area contributed by atoms with Crippen LogP contribution in [0.4, 0.5) is 0 Å². The Balaban J connectivity index is 2.18. The number of nitrogens with one attached hydrogen (secondary N) is 1. The Bertz CT molecular complexity index is 690. The minimum atomic E-state index is 0.104. The predicted molar refractivity (Wildman–Crippen MR) is 123 cm³/mol. The summed E-state index contributed by atoms with van der Waals surface area (Å²) >= 11 is 6.26. The van der Waals surface area contributed by atoms with Crippen molar-refractivity contribution in [1.82, 2.24) is 20.0 Å². The Morgan fingerprint density at radius 1 is 1.27 bits per heavy atom. The van der Waals surface area contributed by atoms with E-state index < -0.39 is 0 Å². The summed E-state index contributed by atoms with van der Waals surface area (Å²) in [7, 11) is 1.91. The smallest absolute Gasteiger partial charge is 0.242 e. The quantitative estimate of drug-likeness (QED) is 0.475. The Kier molecular flexibility index (Phi) is 10.4. The van der Waals surface area contributed by atoms with Crippen LogP contribution >= 0.6 is 11.6 Å². The number of amides is 1. The monoisotopic (exact) mass is 437 g/mol. The van der Waals surface area contributed by atoms with Gasteiger partial charge in [0.25, 0.3) is 0 Å². The number of halogens is 1. The molecule has 168 valence electrons.